The van der Waals surface area contributed by atoms with Gasteiger partial charge in [-0.3, -0.25) is 9.59 Å². The van der Waals surface area contributed by atoms with E-state index in [9.17, 15) is 9.59 Å². The third kappa shape index (κ3) is 5.64. The Balaban J connectivity index is 1.88. The van der Waals surface area contributed by atoms with Gasteiger partial charge in [0.2, 0.25) is 5.91 Å². The Labute approximate surface area is 148 Å². The number of likely N-dealkylation sites (N-methyl/N-ethyl adjacent to an activating group) is 1. The number of carbonyl (C=O) groups is 2. The van der Waals surface area contributed by atoms with E-state index in [0.717, 1.165) is 11.1 Å². The van der Waals surface area contributed by atoms with Crippen LogP contribution in [0.2, 0.25) is 0 Å². The first-order chi connectivity index (χ1) is 11.8. The van der Waals surface area contributed by atoms with Crippen LogP contribution in [0.5, 0.6) is 5.75 Å². The van der Waals surface area contributed by atoms with Crippen LogP contribution >= 0.6 is 0 Å². The van der Waals surface area contributed by atoms with Gasteiger partial charge in [0.1, 0.15) is 5.75 Å². The molecule has 0 spiro atoms. The van der Waals surface area contributed by atoms with Gasteiger partial charge in [0.15, 0.2) is 6.10 Å². The van der Waals surface area contributed by atoms with Gasteiger partial charge in [-0.15, -0.1) is 0 Å². The average molecular weight is 340 g/mol. The number of hydrogen-bond donors (Lipinski definition) is 1. The minimum absolute atomic E-state index is 0.0335. The summed E-state index contributed by atoms with van der Waals surface area (Å²) in [6, 6.07) is 15.0. The number of amides is 2. The maximum absolute atomic E-state index is 12.4. The third-order valence-electron chi connectivity index (χ3n) is 3.74. The SMILES string of the molecule is Cc1ccc(NC(=O)CN(C)C(=O)C(C)Oc2cccc(C)c2)cc1. The Morgan fingerprint density at radius 2 is 1.76 bits per heavy atom. The Hall–Kier alpha value is -2.82. The molecule has 0 fully saturated rings. The van der Waals surface area contributed by atoms with Gasteiger partial charge in [-0.1, -0.05) is 29.8 Å². The number of nitrogens with zero attached hydrogens (tertiary/aromatic N) is 1. The number of nitrogens with one attached hydrogen (secondary N) is 1. The van der Waals surface area contributed by atoms with Crippen LogP contribution in [0, 0.1) is 13.8 Å². The second-order valence-electron chi connectivity index (χ2n) is 6.19. The van der Waals surface area contributed by atoms with Gasteiger partial charge in [-0.2, -0.15) is 0 Å². The third-order valence-corrected chi connectivity index (χ3v) is 3.74. The summed E-state index contributed by atoms with van der Waals surface area (Å²) in [5.74, 6) is 0.140. The first kappa shape index (κ1) is 18.5. The minimum atomic E-state index is -0.668. The number of aryl methyl sites for hydroxylation is 2. The predicted molar refractivity (Wildman–Crippen MR) is 98.7 cm³/mol. The lowest BCUT2D eigenvalue weighted by atomic mass is 10.2. The number of rotatable bonds is 6. The van der Waals surface area contributed by atoms with E-state index in [1.807, 2.05) is 56.3 Å². The molecule has 0 bridgehead atoms. The first-order valence-corrected chi connectivity index (χ1v) is 8.20. The normalized spacial score (nSPS) is 11.5. The number of carbonyl (C=O) groups excluding carboxylic acids is 2. The number of ether oxygens (including phenoxy) is 1. The Morgan fingerprint density at radius 3 is 2.40 bits per heavy atom. The quantitative estimate of drug-likeness (QED) is 0.879. The molecule has 1 N–H and O–H groups in total. The van der Waals surface area contributed by atoms with E-state index in [-0.39, 0.29) is 18.4 Å². The lowest BCUT2D eigenvalue weighted by molar-refractivity contribution is -0.139. The lowest BCUT2D eigenvalue weighted by Crippen LogP contribution is -2.41. The van der Waals surface area contributed by atoms with Crippen molar-refractivity contribution >= 4 is 17.5 Å². The molecule has 2 amide bonds. The van der Waals surface area contributed by atoms with Crippen LogP contribution in [-0.4, -0.2) is 36.4 Å². The van der Waals surface area contributed by atoms with Gasteiger partial charge in [0.25, 0.3) is 5.91 Å². The molecule has 0 aliphatic carbocycles. The van der Waals surface area contributed by atoms with E-state index in [4.69, 9.17) is 4.74 Å². The molecule has 2 aromatic rings. The summed E-state index contributed by atoms with van der Waals surface area (Å²) in [7, 11) is 1.59. The molecule has 2 rings (SSSR count). The second kappa shape index (κ2) is 8.33. The van der Waals surface area contributed by atoms with Crippen molar-refractivity contribution in [3.05, 3.63) is 59.7 Å². The Kier molecular flexibility index (Phi) is 6.17. The van der Waals surface area contributed by atoms with E-state index in [2.05, 4.69) is 5.32 Å². The van der Waals surface area contributed by atoms with Crippen molar-refractivity contribution in [3.63, 3.8) is 0 Å². The molecule has 0 radical (unpaired) electrons. The minimum Gasteiger partial charge on any atom is -0.481 e. The Morgan fingerprint density at radius 1 is 1.08 bits per heavy atom. The van der Waals surface area contributed by atoms with Crippen molar-refractivity contribution in [1.82, 2.24) is 4.90 Å². The fourth-order valence-corrected chi connectivity index (χ4v) is 2.38. The molecule has 0 heterocycles. The highest BCUT2D eigenvalue weighted by molar-refractivity contribution is 5.95. The zero-order valence-corrected chi connectivity index (χ0v) is 15.1. The van der Waals surface area contributed by atoms with Gasteiger partial charge < -0.3 is 15.0 Å². The van der Waals surface area contributed by atoms with E-state index < -0.39 is 6.10 Å². The first-order valence-electron chi connectivity index (χ1n) is 8.20. The van der Waals surface area contributed by atoms with Gasteiger partial charge in [-0.05, 0) is 50.6 Å². The number of hydrogen-bond acceptors (Lipinski definition) is 3. The molecule has 1 atom stereocenters. The zero-order valence-electron chi connectivity index (χ0n) is 15.1. The van der Waals surface area contributed by atoms with Crippen molar-refractivity contribution < 1.29 is 14.3 Å². The van der Waals surface area contributed by atoms with Crippen LogP contribution in [0.3, 0.4) is 0 Å². The smallest absolute Gasteiger partial charge is 0.263 e. The standard InChI is InChI=1S/C20H24N2O3/c1-14-8-10-17(11-9-14)21-19(23)13-22(4)20(24)16(3)25-18-7-5-6-15(2)12-18/h5-12,16H,13H2,1-4H3,(H,21,23). The molecule has 132 valence electrons. The largest absolute Gasteiger partial charge is 0.481 e. The molecule has 2 aromatic carbocycles. The highest BCUT2D eigenvalue weighted by atomic mass is 16.5. The van der Waals surface area contributed by atoms with Crippen molar-refractivity contribution in [2.24, 2.45) is 0 Å². The molecule has 1 unspecified atom stereocenters. The Bertz CT molecular complexity index is 741. The van der Waals surface area contributed by atoms with Crippen molar-refractivity contribution in [2.45, 2.75) is 26.9 Å². The maximum atomic E-state index is 12.4. The van der Waals surface area contributed by atoms with Crippen molar-refractivity contribution in [3.8, 4) is 5.75 Å². The molecule has 25 heavy (non-hydrogen) atoms. The molecular weight excluding hydrogens is 316 g/mol. The van der Waals surface area contributed by atoms with Crippen LogP contribution < -0.4 is 10.1 Å². The van der Waals surface area contributed by atoms with Crippen molar-refractivity contribution in [2.75, 3.05) is 18.9 Å². The average Bonchev–Trinajstić information content (AvgIpc) is 2.56. The summed E-state index contributed by atoms with van der Waals surface area (Å²) in [4.78, 5) is 25.8. The second-order valence-corrected chi connectivity index (χ2v) is 6.19. The summed E-state index contributed by atoms with van der Waals surface area (Å²) >= 11 is 0. The van der Waals surface area contributed by atoms with Gasteiger partial charge in [0, 0.05) is 12.7 Å². The van der Waals surface area contributed by atoms with E-state index in [1.165, 1.54) is 4.90 Å². The molecule has 0 saturated heterocycles. The fraction of sp³-hybridized carbons (Fsp3) is 0.300. The van der Waals surface area contributed by atoms with Crippen LogP contribution in [0.4, 0.5) is 5.69 Å². The van der Waals surface area contributed by atoms with E-state index >= 15 is 0 Å². The molecule has 0 saturated carbocycles. The van der Waals surface area contributed by atoms with Crippen LogP contribution in [0.1, 0.15) is 18.1 Å². The summed E-state index contributed by atoms with van der Waals surface area (Å²) in [6.45, 7) is 5.59. The summed E-state index contributed by atoms with van der Waals surface area (Å²) in [5, 5.41) is 2.78. The monoisotopic (exact) mass is 340 g/mol. The summed E-state index contributed by atoms with van der Waals surface area (Å²) in [5.41, 5.74) is 2.89. The molecule has 0 aliphatic heterocycles. The molecule has 5 nitrogen and oxygen atoms in total. The van der Waals surface area contributed by atoms with Gasteiger partial charge in [0.05, 0.1) is 6.54 Å². The predicted octanol–water partition coefficient (Wildman–Crippen LogP) is 3.17. The lowest BCUT2D eigenvalue weighted by Gasteiger charge is -2.22. The fourth-order valence-electron chi connectivity index (χ4n) is 2.38. The topological polar surface area (TPSA) is 58.6 Å². The molecular formula is C20H24N2O3. The van der Waals surface area contributed by atoms with E-state index in [0.29, 0.717) is 11.4 Å². The zero-order chi connectivity index (χ0) is 18.4. The number of benzene rings is 2. The van der Waals surface area contributed by atoms with Gasteiger partial charge >= 0.3 is 0 Å². The van der Waals surface area contributed by atoms with Crippen LogP contribution in [0.25, 0.3) is 0 Å². The molecule has 5 heteroatoms. The maximum Gasteiger partial charge on any atom is 0.263 e. The highest BCUT2D eigenvalue weighted by Gasteiger charge is 2.21. The number of anilines is 1. The highest BCUT2D eigenvalue weighted by Crippen LogP contribution is 2.15. The molecule has 0 aliphatic rings. The van der Waals surface area contributed by atoms with Gasteiger partial charge in [-0.25, -0.2) is 0 Å². The summed E-state index contributed by atoms with van der Waals surface area (Å²) < 4.78 is 5.67. The van der Waals surface area contributed by atoms with Crippen LogP contribution in [0.15, 0.2) is 48.5 Å². The molecule has 0 aromatic heterocycles. The van der Waals surface area contributed by atoms with Crippen LogP contribution in [-0.2, 0) is 9.59 Å². The van der Waals surface area contributed by atoms with E-state index in [1.54, 1.807) is 20.0 Å². The van der Waals surface area contributed by atoms with Crippen molar-refractivity contribution in [1.29, 1.82) is 0 Å². The summed E-state index contributed by atoms with van der Waals surface area (Å²) in [6.07, 6.45) is -0.668.